The lowest BCUT2D eigenvalue weighted by molar-refractivity contribution is 0.103. The van der Waals surface area contributed by atoms with Gasteiger partial charge < -0.3 is 4.74 Å². The molecular weight excluding hydrogens is 398 g/mol. The van der Waals surface area contributed by atoms with Crippen molar-refractivity contribution in [3.8, 4) is 5.75 Å². The van der Waals surface area contributed by atoms with Crippen molar-refractivity contribution in [3.63, 3.8) is 0 Å². The van der Waals surface area contributed by atoms with Gasteiger partial charge in [-0.15, -0.1) is 0 Å². The van der Waals surface area contributed by atoms with Crippen LogP contribution in [-0.4, -0.2) is 12.9 Å². The van der Waals surface area contributed by atoms with Crippen LogP contribution in [0.5, 0.6) is 5.75 Å². The Morgan fingerprint density at radius 3 is 2.35 bits per heavy atom. The summed E-state index contributed by atoms with van der Waals surface area (Å²) in [5.41, 5.74) is 0.455. The van der Waals surface area contributed by atoms with Crippen LogP contribution in [0.3, 0.4) is 0 Å². The summed E-state index contributed by atoms with van der Waals surface area (Å²) in [4.78, 5) is 12.4. The lowest BCUT2D eigenvalue weighted by atomic mass is 10.0. The Labute approximate surface area is 131 Å². The summed E-state index contributed by atoms with van der Waals surface area (Å²) < 4.78 is 32.0. The molecule has 2 rings (SSSR count). The first kappa shape index (κ1) is 15.1. The molecule has 2 nitrogen and oxygen atoms in total. The van der Waals surface area contributed by atoms with E-state index in [2.05, 4.69) is 31.9 Å². The van der Waals surface area contributed by atoms with E-state index < -0.39 is 17.4 Å². The van der Waals surface area contributed by atoms with Crippen molar-refractivity contribution in [1.29, 1.82) is 0 Å². The fourth-order valence-corrected chi connectivity index (χ4v) is 2.57. The van der Waals surface area contributed by atoms with E-state index in [4.69, 9.17) is 4.74 Å². The Kier molecular flexibility index (Phi) is 4.55. The predicted molar refractivity (Wildman–Crippen MR) is 78.2 cm³/mol. The third-order valence-corrected chi connectivity index (χ3v) is 3.93. The molecule has 0 saturated carbocycles. The van der Waals surface area contributed by atoms with E-state index in [9.17, 15) is 13.6 Å². The van der Waals surface area contributed by atoms with Crippen molar-refractivity contribution in [1.82, 2.24) is 0 Å². The smallest absolute Gasteiger partial charge is 0.197 e. The maximum atomic E-state index is 13.4. The van der Waals surface area contributed by atoms with Crippen LogP contribution in [0.25, 0.3) is 0 Å². The molecule has 104 valence electrons. The van der Waals surface area contributed by atoms with Crippen LogP contribution in [0.2, 0.25) is 0 Å². The molecule has 20 heavy (non-hydrogen) atoms. The van der Waals surface area contributed by atoms with Crippen LogP contribution < -0.4 is 4.74 Å². The molecule has 6 heteroatoms. The number of hydrogen-bond donors (Lipinski definition) is 0. The molecular formula is C14H8Br2F2O2. The molecule has 0 amide bonds. The van der Waals surface area contributed by atoms with Gasteiger partial charge in [0.2, 0.25) is 0 Å². The highest BCUT2D eigenvalue weighted by molar-refractivity contribution is 9.10. The van der Waals surface area contributed by atoms with Gasteiger partial charge in [0.15, 0.2) is 5.78 Å². The summed E-state index contributed by atoms with van der Waals surface area (Å²) in [6.07, 6.45) is 0. The number of rotatable bonds is 3. The number of carbonyl (C=O) groups is 1. The highest BCUT2D eigenvalue weighted by Gasteiger charge is 2.19. The molecule has 0 atom stereocenters. The molecule has 2 aromatic carbocycles. The van der Waals surface area contributed by atoms with Crippen LogP contribution in [0.4, 0.5) is 8.78 Å². The number of methoxy groups -OCH3 is 1. The largest absolute Gasteiger partial charge is 0.496 e. The van der Waals surface area contributed by atoms with E-state index in [1.54, 1.807) is 0 Å². The first-order chi connectivity index (χ1) is 9.43. The Bertz CT molecular complexity index is 687. The highest BCUT2D eigenvalue weighted by Crippen LogP contribution is 2.30. The van der Waals surface area contributed by atoms with Crippen molar-refractivity contribution in [2.24, 2.45) is 0 Å². The van der Waals surface area contributed by atoms with E-state index in [1.165, 1.54) is 31.4 Å². The summed E-state index contributed by atoms with van der Waals surface area (Å²) in [6, 6.07) is 6.20. The van der Waals surface area contributed by atoms with E-state index in [0.717, 1.165) is 6.07 Å². The Morgan fingerprint density at radius 1 is 1.05 bits per heavy atom. The Morgan fingerprint density at radius 2 is 1.75 bits per heavy atom. The monoisotopic (exact) mass is 404 g/mol. The first-order valence-corrected chi connectivity index (χ1v) is 7.05. The molecule has 0 unspecified atom stereocenters. The number of hydrogen-bond acceptors (Lipinski definition) is 2. The van der Waals surface area contributed by atoms with Gasteiger partial charge in [0, 0.05) is 16.1 Å². The summed E-state index contributed by atoms with van der Waals surface area (Å²) in [5.74, 6) is -1.27. The average Bonchev–Trinajstić information content (AvgIpc) is 2.40. The van der Waals surface area contributed by atoms with Crippen LogP contribution in [-0.2, 0) is 0 Å². The second-order valence-corrected chi connectivity index (χ2v) is 5.63. The molecule has 0 radical (unpaired) electrons. The zero-order chi connectivity index (χ0) is 14.9. The van der Waals surface area contributed by atoms with Gasteiger partial charge in [-0.05, 0) is 56.1 Å². The van der Waals surface area contributed by atoms with Gasteiger partial charge in [0.25, 0.3) is 0 Å². The zero-order valence-corrected chi connectivity index (χ0v) is 13.4. The highest BCUT2D eigenvalue weighted by atomic mass is 79.9. The minimum atomic E-state index is -0.531. The third kappa shape index (κ3) is 2.91. The van der Waals surface area contributed by atoms with E-state index in [0.29, 0.717) is 4.47 Å². The SMILES string of the molecule is COc1cc(F)c(Br)cc1C(=O)c1ccc(F)cc1Br. The predicted octanol–water partition coefficient (Wildman–Crippen LogP) is 4.73. The van der Waals surface area contributed by atoms with Crippen molar-refractivity contribution >= 4 is 37.6 Å². The Balaban J connectivity index is 2.55. The lowest BCUT2D eigenvalue weighted by Crippen LogP contribution is -2.06. The van der Waals surface area contributed by atoms with Gasteiger partial charge >= 0.3 is 0 Å². The van der Waals surface area contributed by atoms with Crippen LogP contribution in [0.1, 0.15) is 15.9 Å². The quantitative estimate of drug-likeness (QED) is 0.690. The van der Waals surface area contributed by atoms with Gasteiger partial charge in [-0.3, -0.25) is 4.79 Å². The Hall–Kier alpha value is -1.27. The van der Waals surface area contributed by atoms with Crippen LogP contribution in [0.15, 0.2) is 39.3 Å². The minimum absolute atomic E-state index is 0.118. The zero-order valence-electron chi connectivity index (χ0n) is 10.2. The summed E-state index contributed by atoms with van der Waals surface area (Å²) >= 11 is 6.16. The molecule has 0 heterocycles. The molecule has 0 aliphatic heterocycles. The summed E-state index contributed by atoms with van der Waals surface area (Å²) in [5, 5.41) is 0. The number of ketones is 1. The molecule has 0 aliphatic rings. The first-order valence-electron chi connectivity index (χ1n) is 5.47. The lowest BCUT2D eigenvalue weighted by Gasteiger charge is -2.10. The van der Waals surface area contributed by atoms with E-state index in [-0.39, 0.29) is 21.3 Å². The standard InChI is InChI=1S/C14H8Br2F2O2/c1-20-13-6-12(18)11(16)5-9(13)14(19)8-3-2-7(17)4-10(8)15/h2-6H,1H3. The van der Waals surface area contributed by atoms with Crippen molar-refractivity contribution in [2.45, 2.75) is 0 Å². The molecule has 0 aliphatic carbocycles. The fraction of sp³-hybridized carbons (Fsp3) is 0.0714. The molecule has 0 saturated heterocycles. The molecule has 0 N–H and O–H groups in total. The van der Waals surface area contributed by atoms with Crippen LogP contribution in [0, 0.1) is 11.6 Å². The van der Waals surface area contributed by atoms with Gasteiger partial charge in [0.1, 0.15) is 17.4 Å². The van der Waals surface area contributed by atoms with E-state index >= 15 is 0 Å². The summed E-state index contributed by atoms with van der Waals surface area (Å²) in [7, 11) is 1.35. The van der Waals surface area contributed by atoms with Crippen molar-refractivity contribution in [3.05, 3.63) is 62.0 Å². The molecule has 2 aromatic rings. The van der Waals surface area contributed by atoms with Crippen molar-refractivity contribution < 1.29 is 18.3 Å². The van der Waals surface area contributed by atoms with Gasteiger partial charge in [-0.1, -0.05) is 0 Å². The van der Waals surface area contributed by atoms with Gasteiger partial charge in [-0.2, -0.15) is 0 Å². The fourth-order valence-electron chi connectivity index (χ4n) is 1.69. The number of ether oxygens (including phenoxy) is 1. The minimum Gasteiger partial charge on any atom is -0.496 e. The number of carbonyl (C=O) groups excluding carboxylic acids is 1. The van der Waals surface area contributed by atoms with Gasteiger partial charge in [-0.25, -0.2) is 8.78 Å². The maximum Gasteiger partial charge on any atom is 0.197 e. The van der Waals surface area contributed by atoms with Crippen LogP contribution >= 0.6 is 31.9 Å². The average molecular weight is 406 g/mol. The second-order valence-electron chi connectivity index (χ2n) is 3.92. The molecule has 0 fully saturated rings. The maximum absolute atomic E-state index is 13.4. The molecule has 0 bridgehead atoms. The van der Waals surface area contributed by atoms with Crippen molar-refractivity contribution in [2.75, 3.05) is 7.11 Å². The normalized spacial score (nSPS) is 10.4. The molecule has 0 spiro atoms. The second kappa shape index (κ2) is 6.01. The topological polar surface area (TPSA) is 26.3 Å². The third-order valence-electron chi connectivity index (χ3n) is 2.66. The molecule has 0 aromatic heterocycles. The number of benzene rings is 2. The van der Waals surface area contributed by atoms with Gasteiger partial charge in [0.05, 0.1) is 17.1 Å². The number of halogens is 4. The van der Waals surface area contributed by atoms with E-state index in [1.807, 2.05) is 0 Å². The summed E-state index contributed by atoms with van der Waals surface area (Å²) in [6.45, 7) is 0.